The van der Waals surface area contributed by atoms with E-state index in [1.807, 2.05) is 12.1 Å². The summed E-state index contributed by atoms with van der Waals surface area (Å²) in [5.41, 5.74) is 1.20. The second-order valence-corrected chi connectivity index (χ2v) is 5.80. The Bertz CT molecular complexity index is 455. The van der Waals surface area contributed by atoms with Gasteiger partial charge in [0.25, 0.3) is 0 Å². The van der Waals surface area contributed by atoms with E-state index in [4.69, 9.17) is 4.74 Å². The molecule has 2 heterocycles. The molecular formula is C14H17BrN2O. The molecule has 1 aromatic rings. The lowest BCUT2D eigenvalue weighted by atomic mass is 10.00. The lowest BCUT2D eigenvalue weighted by molar-refractivity contribution is 0.209. The normalized spacial score (nSPS) is 27.7. The van der Waals surface area contributed by atoms with Crippen LogP contribution >= 0.6 is 15.9 Å². The van der Waals surface area contributed by atoms with Crippen LogP contribution in [0.2, 0.25) is 0 Å². The summed E-state index contributed by atoms with van der Waals surface area (Å²) >= 11 is 3.50. The molecule has 2 unspecified atom stereocenters. The number of rotatable bonds is 2. The molecule has 18 heavy (non-hydrogen) atoms. The molecular weight excluding hydrogens is 292 g/mol. The van der Waals surface area contributed by atoms with Gasteiger partial charge >= 0.3 is 0 Å². The van der Waals surface area contributed by atoms with Crippen molar-refractivity contribution in [3.63, 3.8) is 0 Å². The van der Waals surface area contributed by atoms with Crippen molar-refractivity contribution >= 4 is 21.8 Å². The maximum Gasteiger partial charge on any atom is 0.188 e. The second-order valence-electron chi connectivity index (χ2n) is 4.88. The first-order valence-corrected chi connectivity index (χ1v) is 7.29. The van der Waals surface area contributed by atoms with E-state index in [2.05, 4.69) is 38.4 Å². The van der Waals surface area contributed by atoms with Gasteiger partial charge in [-0.2, -0.15) is 0 Å². The van der Waals surface area contributed by atoms with Gasteiger partial charge in [0.15, 0.2) is 5.90 Å². The van der Waals surface area contributed by atoms with Crippen LogP contribution in [0.5, 0.6) is 0 Å². The summed E-state index contributed by atoms with van der Waals surface area (Å²) in [6.07, 6.45) is 2.51. The minimum atomic E-state index is 0.0967. The van der Waals surface area contributed by atoms with E-state index in [9.17, 15) is 0 Å². The number of piperidine rings is 1. The fraction of sp³-hybridized carbons (Fsp3) is 0.500. The summed E-state index contributed by atoms with van der Waals surface area (Å²) in [5, 5.41) is 3.41. The Kier molecular flexibility index (Phi) is 3.66. The highest BCUT2D eigenvalue weighted by molar-refractivity contribution is 9.10. The lowest BCUT2D eigenvalue weighted by Crippen LogP contribution is -2.34. The molecule has 1 saturated heterocycles. The van der Waals surface area contributed by atoms with Crippen molar-refractivity contribution < 1.29 is 4.74 Å². The van der Waals surface area contributed by atoms with Gasteiger partial charge in [-0.25, -0.2) is 0 Å². The van der Waals surface area contributed by atoms with Crippen LogP contribution in [-0.2, 0) is 4.74 Å². The number of ether oxygens (including phenoxy) is 1. The number of aliphatic imine (C=N–C) groups is 1. The molecule has 96 valence electrons. The van der Waals surface area contributed by atoms with Crippen LogP contribution in [0.1, 0.15) is 24.5 Å². The van der Waals surface area contributed by atoms with Crippen molar-refractivity contribution in [2.75, 3.05) is 19.6 Å². The third-order valence-electron chi connectivity index (χ3n) is 3.54. The molecule has 1 N–H and O–H groups in total. The van der Waals surface area contributed by atoms with Crippen molar-refractivity contribution in [1.29, 1.82) is 0 Å². The lowest BCUT2D eigenvalue weighted by Gasteiger charge is -2.23. The number of hydrogen-bond donors (Lipinski definition) is 1. The zero-order valence-electron chi connectivity index (χ0n) is 10.2. The molecule has 1 aromatic carbocycles. The van der Waals surface area contributed by atoms with Crippen LogP contribution < -0.4 is 5.32 Å². The monoisotopic (exact) mass is 308 g/mol. The summed E-state index contributed by atoms with van der Waals surface area (Å²) in [5.74, 6) is 1.42. The number of benzene rings is 1. The average molecular weight is 309 g/mol. The van der Waals surface area contributed by atoms with E-state index in [0.717, 1.165) is 30.0 Å². The number of halogens is 1. The van der Waals surface area contributed by atoms with E-state index in [1.54, 1.807) is 0 Å². The Morgan fingerprint density at radius 2 is 2.33 bits per heavy atom. The van der Waals surface area contributed by atoms with Crippen molar-refractivity contribution in [2.24, 2.45) is 10.9 Å². The maximum atomic E-state index is 6.03. The molecule has 0 spiro atoms. The fourth-order valence-electron chi connectivity index (χ4n) is 2.56. The summed E-state index contributed by atoms with van der Waals surface area (Å²) in [4.78, 5) is 4.59. The van der Waals surface area contributed by atoms with Crippen molar-refractivity contribution in [3.05, 3.63) is 34.3 Å². The Hall–Kier alpha value is -0.870. The van der Waals surface area contributed by atoms with Crippen LogP contribution in [0.25, 0.3) is 0 Å². The standard InChI is InChI=1S/C14H17BrN2O/c15-12-5-1-3-10(7-12)13-9-17-14(18-13)11-4-2-6-16-8-11/h1,3,5,7,11,13,16H,2,4,6,8-9H2. The highest BCUT2D eigenvalue weighted by Crippen LogP contribution is 2.28. The highest BCUT2D eigenvalue weighted by Gasteiger charge is 2.28. The van der Waals surface area contributed by atoms with Crippen molar-refractivity contribution in [1.82, 2.24) is 5.32 Å². The molecule has 2 aliphatic heterocycles. The van der Waals surface area contributed by atoms with Crippen molar-refractivity contribution in [3.8, 4) is 0 Å². The van der Waals surface area contributed by atoms with E-state index < -0.39 is 0 Å². The van der Waals surface area contributed by atoms with Gasteiger partial charge in [-0.15, -0.1) is 0 Å². The predicted molar refractivity (Wildman–Crippen MR) is 75.9 cm³/mol. The Balaban J connectivity index is 1.66. The van der Waals surface area contributed by atoms with Gasteiger partial charge in [0.2, 0.25) is 0 Å². The summed E-state index contributed by atoms with van der Waals surface area (Å²) in [6.45, 7) is 2.88. The van der Waals surface area contributed by atoms with Gasteiger partial charge in [0.05, 0.1) is 6.54 Å². The second kappa shape index (κ2) is 5.41. The SMILES string of the molecule is Brc1cccc(C2CN=C(C3CCCNC3)O2)c1. The molecule has 2 aliphatic rings. The molecule has 4 heteroatoms. The average Bonchev–Trinajstić information content (AvgIpc) is 2.89. The fourth-order valence-corrected chi connectivity index (χ4v) is 2.98. The Labute approximate surface area is 116 Å². The van der Waals surface area contributed by atoms with E-state index in [0.29, 0.717) is 5.92 Å². The third kappa shape index (κ3) is 2.59. The Morgan fingerprint density at radius 3 is 3.11 bits per heavy atom. The predicted octanol–water partition coefficient (Wildman–Crippen LogP) is 2.92. The zero-order chi connectivity index (χ0) is 12.4. The van der Waals surface area contributed by atoms with Gasteiger partial charge in [-0.3, -0.25) is 4.99 Å². The van der Waals surface area contributed by atoms with E-state index in [1.165, 1.54) is 18.4 Å². The molecule has 1 fully saturated rings. The zero-order valence-corrected chi connectivity index (χ0v) is 11.8. The van der Waals surface area contributed by atoms with Crippen molar-refractivity contribution in [2.45, 2.75) is 18.9 Å². The summed E-state index contributed by atoms with van der Waals surface area (Å²) in [7, 11) is 0. The number of nitrogens with one attached hydrogen (secondary N) is 1. The van der Waals surface area contributed by atoms with Gasteiger partial charge in [0, 0.05) is 16.9 Å². The molecule has 0 saturated carbocycles. The van der Waals surface area contributed by atoms with E-state index >= 15 is 0 Å². The van der Waals surface area contributed by atoms with Gasteiger partial charge < -0.3 is 10.1 Å². The van der Waals surface area contributed by atoms with Crippen LogP contribution in [0, 0.1) is 5.92 Å². The van der Waals surface area contributed by atoms with Gasteiger partial charge in [-0.1, -0.05) is 28.1 Å². The largest absolute Gasteiger partial charge is 0.471 e. The van der Waals surface area contributed by atoms with Crippen LogP contribution in [0.3, 0.4) is 0 Å². The quantitative estimate of drug-likeness (QED) is 0.911. The van der Waals surface area contributed by atoms with Gasteiger partial charge in [0.1, 0.15) is 6.10 Å². The molecule has 0 aromatic heterocycles. The van der Waals surface area contributed by atoms with Crippen LogP contribution in [-0.4, -0.2) is 25.5 Å². The number of hydrogen-bond acceptors (Lipinski definition) is 3. The van der Waals surface area contributed by atoms with Crippen LogP contribution in [0.4, 0.5) is 0 Å². The topological polar surface area (TPSA) is 33.6 Å². The minimum Gasteiger partial charge on any atom is -0.471 e. The summed E-state index contributed by atoms with van der Waals surface area (Å²) < 4.78 is 7.12. The first-order chi connectivity index (χ1) is 8.83. The maximum absolute atomic E-state index is 6.03. The summed E-state index contributed by atoms with van der Waals surface area (Å²) in [6, 6.07) is 8.30. The minimum absolute atomic E-state index is 0.0967. The van der Waals surface area contributed by atoms with Gasteiger partial charge in [-0.05, 0) is 37.1 Å². The first kappa shape index (κ1) is 12.2. The molecule has 0 amide bonds. The molecule has 3 rings (SSSR count). The first-order valence-electron chi connectivity index (χ1n) is 6.50. The number of nitrogens with zero attached hydrogens (tertiary/aromatic N) is 1. The molecule has 3 nitrogen and oxygen atoms in total. The molecule has 0 aliphatic carbocycles. The van der Waals surface area contributed by atoms with E-state index in [-0.39, 0.29) is 6.10 Å². The Morgan fingerprint density at radius 1 is 1.39 bits per heavy atom. The molecule has 0 bridgehead atoms. The molecule has 0 radical (unpaired) electrons. The molecule has 2 atom stereocenters. The third-order valence-corrected chi connectivity index (χ3v) is 4.04. The highest BCUT2D eigenvalue weighted by atomic mass is 79.9. The van der Waals surface area contributed by atoms with Crippen LogP contribution in [0.15, 0.2) is 33.7 Å². The smallest absolute Gasteiger partial charge is 0.188 e.